The summed E-state index contributed by atoms with van der Waals surface area (Å²) in [5, 5.41) is 3.97. The van der Waals surface area contributed by atoms with Crippen molar-refractivity contribution in [2.24, 2.45) is 5.92 Å². The molecule has 0 saturated carbocycles. The molecule has 0 bridgehead atoms. The fourth-order valence-corrected chi connectivity index (χ4v) is 2.92. The van der Waals surface area contributed by atoms with Gasteiger partial charge in [0.2, 0.25) is 11.8 Å². The van der Waals surface area contributed by atoms with Gasteiger partial charge >= 0.3 is 58.2 Å². The third kappa shape index (κ3) is 10.0. The number of Topliss-reactive ketones (excluding diaryl/α,β-unsaturated/α-hetero) is 1. The van der Waals surface area contributed by atoms with Gasteiger partial charge in [-0.2, -0.15) is 0 Å². The van der Waals surface area contributed by atoms with Crippen molar-refractivity contribution >= 4 is 23.5 Å². The van der Waals surface area contributed by atoms with Crippen LogP contribution in [0.2, 0.25) is 0 Å². The second kappa shape index (κ2) is 14.4. The molecule has 0 radical (unpaired) electrons. The molecule has 0 N–H and O–H groups in total. The van der Waals surface area contributed by atoms with E-state index >= 15 is 0 Å². The minimum absolute atomic E-state index is 0. The van der Waals surface area contributed by atoms with E-state index in [4.69, 9.17) is 4.74 Å². The summed E-state index contributed by atoms with van der Waals surface area (Å²) in [5.41, 5.74) is 1.67. The van der Waals surface area contributed by atoms with Crippen LogP contribution in [0.1, 0.15) is 50.7 Å². The first kappa shape index (κ1) is 27.3. The van der Waals surface area contributed by atoms with Gasteiger partial charge in [0, 0.05) is 32.4 Å². The number of ketones is 1. The second-order valence-electron chi connectivity index (χ2n) is 7.69. The number of β-lactam (4-membered cyclic amide) rings is 1. The smallest absolute Gasteiger partial charge is 0.648 e. The number of rotatable bonds is 12. The maximum Gasteiger partial charge on any atom is 1.00 e. The SMILES string of the molecule is CC(C)CC(=O)CCCOCC(=O)[N-]Cc1ccc(CC(=O)N2CCC2=O)cc1.[Rb+]. The van der Waals surface area contributed by atoms with E-state index in [0.717, 1.165) is 11.1 Å². The van der Waals surface area contributed by atoms with E-state index in [2.05, 4.69) is 5.32 Å². The van der Waals surface area contributed by atoms with Crippen LogP contribution in [0.4, 0.5) is 0 Å². The van der Waals surface area contributed by atoms with Crippen LogP contribution < -0.4 is 58.2 Å². The normalized spacial score (nSPS) is 12.9. The van der Waals surface area contributed by atoms with Gasteiger partial charge in [-0.1, -0.05) is 43.7 Å². The van der Waals surface area contributed by atoms with Crippen LogP contribution in [0.5, 0.6) is 0 Å². The standard InChI is InChI=1S/C22H30N2O5.Rb/c1-16(2)12-19(25)4-3-11-29-15-20(26)23-14-18-7-5-17(6-8-18)13-22(28)24-10-9-21(24)27;/h5-8,16H,3-4,9-15H2,1-2H3,(H,23,26);/q;+1/p-1. The largest absolute Gasteiger partial charge is 1.00 e. The Kier molecular flexibility index (Phi) is 13.1. The summed E-state index contributed by atoms with van der Waals surface area (Å²) in [6.45, 7) is 5.05. The summed E-state index contributed by atoms with van der Waals surface area (Å²) in [7, 11) is 0. The number of benzene rings is 1. The fourth-order valence-electron chi connectivity index (χ4n) is 2.92. The summed E-state index contributed by atoms with van der Waals surface area (Å²) in [6.07, 6.45) is 2.31. The molecule has 2 rings (SSSR count). The fraction of sp³-hybridized carbons (Fsp3) is 0.545. The molecule has 1 aromatic rings. The number of carbonyl (C=O) groups is 4. The number of likely N-dealkylation sites (tertiary alicyclic amines) is 1. The number of imide groups is 1. The number of nitrogens with zero attached hydrogens (tertiary/aromatic N) is 2. The maximum absolute atomic E-state index is 11.9. The summed E-state index contributed by atoms with van der Waals surface area (Å²) >= 11 is 0. The van der Waals surface area contributed by atoms with Crippen LogP contribution in [-0.4, -0.2) is 48.2 Å². The van der Waals surface area contributed by atoms with E-state index in [1.54, 1.807) is 0 Å². The van der Waals surface area contributed by atoms with Gasteiger partial charge in [0.25, 0.3) is 0 Å². The van der Waals surface area contributed by atoms with Gasteiger partial charge in [0.1, 0.15) is 5.78 Å². The summed E-state index contributed by atoms with van der Waals surface area (Å²) in [5.74, 6) is -0.0522. The third-order valence-corrected chi connectivity index (χ3v) is 4.57. The zero-order valence-corrected chi connectivity index (χ0v) is 23.1. The van der Waals surface area contributed by atoms with E-state index in [-0.39, 0.29) is 101 Å². The molecule has 1 heterocycles. The Morgan fingerprint density at radius 3 is 2.37 bits per heavy atom. The van der Waals surface area contributed by atoms with Crippen LogP contribution in [0, 0.1) is 5.92 Å². The Hall–Kier alpha value is -0.735. The minimum Gasteiger partial charge on any atom is -0.648 e. The van der Waals surface area contributed by atoms with E-state index in [1.165, 1.54) is 4.90 Å². The average molecular weight is 487 g/mol. The monoisotopic (exact) mass is 486 g/mol. The Balaban J connectivity index is 0.00000450. The molecule has 0 atom stereocenters. The molecule has 7 nitrogen and oxygen atoms in total. The minimum atomic E-state index is -0.339. The molecule has 0 spiro atoms. The molecular weight excluding hydrogens is 458 g/mol. The molecule has 3 amide bonds. The molecule has 1 saturated heterocycles. The quantitative estimate of drug-likeness (QED) is 0.301. The molecule has 30 heavy (non-hydrogen) atoms. The van der Waals surface area contributed by atoms with Crippen LogP contribution in [-0.2, 0) is 36.9 Å². The molecule has 0 aliphatic carbocycles. The Labute approximate surface area is 227 Å². The first-order valence-corrected chi connectivity index (χ1v) is 10.1. The maximum atomic E-state index is 11.9. The zero-order chi connectivity index (χ0) is 21.2. The summed E-state index contributed by atoms with van der Waals surface area (Å²) < 4.78 is 5.28. The van der Waals surface area contributed by atoms with Crippen molar-refractivity contribution in [2.75, 3.05) is 19.8 Å². The van der Waals surface area contributed by atoms with Gasteiger partial charge in [0.05, 0.1) is 18.9 Å². The average Bonchev–Trinajstić information content (AvgIpc) is 2.65. The number of amides is 3. The summed E-state index contributed by atoms with van der Waals surface area (Å²) in [6, 6.07) is 7.25. The molecule has 1 aliphatic heterocycles. The summed E-state index contributed by atoms with van der Waals surface area (Å²) in [4.78, 5) is 47.8. The van der Waals surface area contributed by atoms with Crippen molar-refractivity contribution in [3.05, 3.63) is 40.7 Å². The molecule has 0 unspecified atom stereocenters. The zero-order valence-electron chi connectivity index (χ0n) is 18.2. The molecule has 158 valence electrons. The molecule has 0 aromatic heterocycles. The van der Waals surface area contributed by atoms with Gasteiger partial charge in [0.15, 0.2) is 0 Å². The van der Waals surface area contributed by atoms with Crippen molar-refractivity contribution in [1.29, 1.82) is 0 Å². The number of ether oxygens (including phenoxy) is 1. The number of hydrogen-bond acceptors (Lipinski definition) is 5. The van der Waals surface area contributed by atoms with Crippen LogP contribution in [0.3, 0.4) is 0 Å². The molecular formula is C22H29N2O5Rb. The van der Waals surface area contributed by atoms with Gasteiger partial charge in [-0.05, 0) is 17.9 Å². The Bertz CT molecular complexity index is 734. The van der Waals surface area contributed by atoms with Gasteiger partial charge in [-0.25, -0.2) is 0 Å². The van der Waals surface area contributed by atoms with Gasteiger partial charge < -0.3 is 14.8 Å². The first-order chi connectivity index (χ1) is 13.8. The second-order valence-corrected chi connectivity index (χ2v) is 7.69. The van der Waals surface area contributed by atoms with E-state index in [9.17, 15) is 19.2 Å². The molecule has 1 fully saturated rings. The first-order valence-electron chi connectivity index (χ1n) is 10.1. The predicted molar refractivity (Wildman–Crippen MR) is 108 cm³/mol. The molecule has 8 heteroatoms. The van der Waals surface area contributed by atoms with Crippen molar-refractivity contribution < 1.29 is 82.1 Å². The van der Waals surface area contributed by atoms with E-state index in [1.807, 2.05) is 38.1 Å². The Morgan fingerprint density at radius 1 is 1.13 bits per heavy atom. The number of carbonyl (C=O) groups excluding carboxylic acids is 4. The Morgan fingerprint density at radius 2 is 1.80 bits per heavy atom. The van der Waals surface area contributed by atoms with Crippen molar-refractivity contribution in [3.63, 3.8) is 0 Å². The molecule has 1 aromatic carbocycles. The number of hydrogen-bond donors (Lipinski definition) is 0. The van der Waals surface area contributed by atoms with E-state index < -0.39 is 0 Å². The molecule has 1 aliphatic rings. The van der Waals surface area contributed by atoms with E-state index in [0.29, 0.717) is 44.8 Å². The van der Waals surface area contributed by atoms with Crippen molar-refractivity contribution in [2.45, 2.75) is 52.5 Å². The predicted octanol–water partition coefficient (Wildman–Crippen LogP) is -0.196. The van der Waals surface area contributed by atoms with Crippen LogP contribution >= 0.6 is 0 Å². The van der Waals surface area contributed by atoms with Crippen LogP contribution in [0.15, 0.2) is 24.3 Å². The third-order valence-electron chi connectivity index (χ3n) is 4.57. The topological polar surface area (TPSA) is 94.8 Å². The van der Waals surface area contributed by atoms with Crippen LogP contribution in [0.25, 0.3) is 5.32 Å². The van der Waals surface area contributed by atoms with Crippen molar-refractivity contribution in [1.82, 2.24) is 4.90 Å². The van der Waals surface area contributed by atoms with Crippen molar-refractivity contribution in [3.8, 4) is 0 Å². The van der Waals surface area contributed by atoms with Gasteiger partial charge in [-0.15, -0.1) is 6.54 Å². The van der Waals surface area contributed by atoms with Gasteiger partial charge in [-0.3, -0.25) is 19.3 Å².